The predicted octanol–water partition coefficient (Wildman–Crippen LogP) is 1.35. The zero-order chi connectivity index (χ0) is 14.6. The van der Waals surface area contributed by atoms with Crippen LogP contribution in [0, 0.1) is 0 Å². The molecule has 0 bridgehead atoms. The Morgan fingerprint density at radius 1 is 1.45 bits per heavy atom. The molecule has 7 heteroatoms. The van der Waals surface area contributed by atoms with E-state index < -0.39 is 16.0 Å². The molecule has 0 atom stereocenters. The monoisotopic (exact) mass is 298 g/mol. The van der Waals surface area contributed by atoms with E-state index in [0.29, 0.717) is 5.69 Å². The van der Waals surface area contributed by atoms with Crippen molar-refractivity contribution < 1.29 is 17.9 Å². The Balaban J connectivity index is 1.96. The summed E-state index contributed by atoms with van der Waals surface area (Å²) < 4.78 is 30.9. The van der Waals surface area contributed by atoms with Gasteiger partial charge < -0.3 is 10.1 Å². The van der Waals surface area contributed by atoms with Crippen LogP contribution in [0.25, 0.3) is 0 Å². The maximum Gasteiger partial charge on any atom is 0.306 e. The molecule has 0 aromatic heterocycles. The van der Waals surface area contributed by atoms with Gasteiger partial charge in [-0.3, -0.25) is 9.52 Å². The summed E-state index contributed by atoms with van der Waals surface area (Å²) in [6, 6.07) is 5.38. The van der Waals surface area contributed by atoms with Crippen molar-refractivity contribution in [2.75, 3.05) is 28.9 Å². The van der Waals surface area contributed by atoms with E-state index in [9.17, 15) is 13.2 Å². The van der Waals surface area contributed by atoms with Crippen molar-refractivity contribution in [2.45, 2.75) is 19.8 Å². The largest absolute Gasteiger partial charge is 0.466 e. The minimum atomic E-state index is -3.54. The number of anilines is 2. The van der Waals surface area contributed by atoms with Crippen molar-refractivity contribution in [1.29, 1.82) is 0 Å². The van der Waals surface area contributed by atoms with Gasteiger partial charge in [-0.25, -0.2) is 8.42 Å². The lowest BCUT2D eigenvalue weighted by molar-refractivity contribution is -0.142. The third kappa shape index (κ3) is 3.86. The topological polar surface area (TPSA) is 84.5 Å². The van der Waals surface area contributed by atoms with E-state index in [2.05, 4.69) is 10.0 Å². The number of esters is 1. The second-order valence-corrected chi connectivity index (χ2v) is 6.37. The first-order chi connectivity index (χ1) is 9.50. The summed E-state index contributed by atoms with van der Waals surface area (Å²) in [4.78, 5) is 11.2. The fourth-order valence-corrected chi connectivity index (χ4v) is 3.07. The molecule has 6 nitrogen and oxygen atoms in total. The molecule has 20 heavy (non-hydrogen) atoms. The standard InChI is InChI=1S/C13H18N2O4S/c1-2-19-13(16)6-8-20(17,18)15-11-3-4-12-10(9-11)5-7-14-12/h3-4,9,14-15H,2,5-8H2,1H3. The smallest absolute Gasteiger partial charge is 0.306 e. The van der Waals surface area contributed by atoms with Gasteiger partial charge in [0.25, 0.3) is 0 Å². The zero-order valence-electron chi connectivity index (χ0n) is 11.3. The highest BCUT2D eigenvalue weighted by Gasteiger charge is 2.16. The van der Waals surface area contributed by atoms with Gasteiger partial charge in [0.05, 0.1) is 18.8 Å². The molecule has 1 aliphatic heterocycles. The maximum absolute atomic E-state index is 11.9. The molecule has 0 radical (unpaired) electrons. The number of fused-ring (bicyclic) bond motifs is 1. The van der Waals surface area contributed by atoms with E-state index in [4.69, 9.17) is 4.74 Å². The third-order valence-electron chi connectivity index (χ3n) is 2.97. The van der Waals surface area contributed by atoms with Gasteiger partial charge in [0, 0.05) is 17.9 Å². The Labute approximate surface area is 118 Å². The quantitative estimate of drug-likeness (QED) is 0.774. The number of hydrogen-bond acceptors (Lipinski definition) is 5. The van der Waals surface area contributed by atoms with Crippen molar-refractivity contribution in [3.05, 3.63) is 23.8 Å². The molecule has 110 valence electrons. The normalized spacial score (nSPS) is 13.4. The highest BCUT2D eigenvalue weighted by atomic mass is 32.2. The van der Waals surface area contributed by atoms with Gasteiger partial charge in [-0.1, -0.05) is 0 Å². The molecule has 2 rings (SSSR count). The molecule has 1 aromatic rings. The van der Waals surface area contributed by atoms with Crippen LogP contribution in [0.5, 0.6) is 0 Å². The van der Waals surface area contributed by atoms with Crippen LogP contribution in [0.15, 0.2) is 18.2 Å². The summed E-state index contributed by atoms with van der Waals surface area (Å²) >= 11 is 0. The van der Waals surface area contributed by atoms with Gasteiger partial charge >= 0.3 is 5.97 Å². The van der Waals surface area contributed by atoms with Crippen molar-refractivity contribution in [3.63, 3.8) is 0 Å². The minimum Gasteiger partial charge on any atom is -0.466 e. The van der Waals surface area contributed by atoms with E-state index in [-0.39, 0.29) is 18.8 Å². The van der Waals surface area contributed by atoms with Crippen LogP contribution in [-0.2, 0) is 26.0 Å². The van der Waals surface area contributed by atoms with Crippen LogP contribution in [0.2, 0.25) is 0 Å². The summed E-state index contributed by atoms with van der Waals surface area (Å²) in [5.41, 5.74) is 2.66. The lowest BCUT2D eigenvalue weighted by atomic mass is 10.1. The van der Waals surface area contributed by atoms with Gasteiger partial charge in [0.2, 0.25) is 10.0 Å². The number of rotatable bonds is 6. The third-order valence-corrected chi connectivity index (χ3v) is 4.26. The summed E-state index contributed by atoms with van der Waals surface area (Å²) in [6.45, 7) is 2.81. The number of sulfonamides is 1. The zero-order valence-corrected chi connectivity index (χ0v) is 12.1. The van der Waals surface area contributed by atoms with Crippen LogP contribution < -0.4 is 10.0 Å². The highest BCUT2D eigenvalue weighted by Crippen LogP contribution is 2.25. The Bertz CT molecular complexity index is 598. The number of benzene rings is 1. The summed E-state index contributed by atoms with van der Waals surface area (Å²) in [6.07, 6.45) is 0.739. The van der Waals surface area contributed by atoms with Crippen LogP contribution in [0.4, 0.5) is 11.4 Å². The Hall–Kier alpha value is -1.76. The van der Waals surface area contributed by atoms with Gasteiger partial charge in [0.1, 0.15) is 0 Å². The fraction of sp³-hybridized carbons (Fsp3) is 0.462. The van der Waals surface area contributed by atoms with Gasteiger partial charge in [-0.15, -0.1) is 0 Å². The lowest BCUT2D eigenvalue weighted by Gasteiger charge is -2.09. The molecule has 0 amide bonds. The number of carbonyl (C=O) groups excluding carboxylic acids is 1. The molecule has 1 heterocycles. The maximum atomic E-state index is 11.9. The Morgan fingerprint density at radius 2 is 2.25 bits per heavy atom. The fourth-order valence-electron chi connectivity index (χ4n) is 2.05. The van der Waals surface area contributed by atoms with E-state index in [0.717, 1.165) is 24.2 Å². The lowest BCUT2D eigenvalue weighted by Crippen LogP contribution is -2.20. The predicted molar refractivity (Wildman–Crippen MR) is 77.3 cm³/mol. The molecule has 1 aliphatic rings. The number of hydrogen-bond donors (Lipinski definition) is 2. The Morgan fingerprint density at radius 3 is 3.00 bits per heavy atom. The molecular weight excluding hydrogens is 280 g/mol. The molecule has 0 spiro atoms. The van der Waals surface area contributed by atoms with Crippen molar-refractivity contribution in [3.8, 4) is 0 Å². The van der Waals surface area contributed by atoms with Crippen LogP contribution >= 0.6 is 0 Å². The van der Waals surface area contributed by atoms with Crippen LogP contribution in [0.1, 0.15) is 18.9 Å². The molecule has 0 aliphatic carbocycles. The number of ether oxygens (including phenoxy) is 1. The van der Waals surface area contributed by atoms with Crippen molar-refractivity contribution in [2.24, 2.45) is 0 Å². The van der Waals surface area contributed by atoms with E-state index in [1.807, 2.05) is 12.1 Å². The first-order valence-electron chi connectivity index (χ1n) is 6.53. The average molecular weight is 298 g/mol. The van der Waals surface area contributed by atoms with E-state index in [1.165, 1.54) is 0 Å². The number of nitrogens with one attached hydrogen (secondary N) is 2. The SMILES string of the molecule is CCOC(=O)CCS(=O)(=O)Nc1ccc2c(c1)CCN2. The van der Waals surface area contributed by atoms with Crippen molar-refractivity contribution >= 4 is 27.4 Å². The molecular formula is C13H18N2O4S. The van der Waals surface area contributed by atoms with Crippen molar-refractivity contribution in [1.82, 2.24) is 0 Å². The average Bonchev–Trinajstić information content (AvgIpc) is 2.84. The molecule has 1 aromatic carbocycles. The molecule has 0 saturated heterocycles. The Kier molecular flexibility index (Phi) is 4.49. The first-order valence-corrected chi connectivity index (χ1v) is 8.18. The van der Waals surface area contributed by atoms with Crippen LogP contribution in [-0.4, -0.2) is 33.3 Å². The van der Waals surface area contributed by atoms with Crippen LogP contribution in [0.3, 0.4) is 0 Å². The van der Waals surface area contributed by atoms with Gasteiger partial charge in [-0.2, -0.15) is 0 Å². The second kappa shape index (κ2) is 6.13. The molecule has 0 unspecified atom stereocenters. The van der Waals surface area contributed by atoms with Gasteiger partial charge in [0.15, 0.2) is 0 Å². The van der Waals surface area contributed by atoms with Gasteiger partial charge in [-0.05, 0) is 37.1 Å². The second-order valence-electron chi connectivity index (χ2n) is 4.52. The first kappa shape index (κ1) is 14.6. The van der Waals surface area contributed by atoms with E-state index >= 15 is 0 Å². The highest BCUT2D eigenvalue weighted by molar-refractivity contribution is 7.92. The molecule has 2 N–H and O–H groups in total. The molecule has 0 fully saturated rings. The summed E-state index contributed by atoms with van der Waals surface area (Å²) in [5.74, 6) is -0.780. The van der Waals surface area contributed by atoms with E-state index in [1.54, 1.807) is 13.0 Å². The minimum absolute atomic E-state index is 0.143. The summed E-state index contributed by atoms with van der Waals surface area (Å²) in [5, 5.41) is 3.21. The molecule has 0 saturated carbocycles. The summed E-state index contributed by atoms with van der Waals surface area (Å²) in [7, 11) is -3.54. The number of carbonyl (C=O) groups is 1.